The van der Waals surface area contributed by atoms with Crippen molar-refractivity contribution in [3.05, 3.63) is 47.2 Å². The van der Waals surface area contributed by atoms with E-state index in [0.29, 0.717) is 31.1 Å². The number of halogens is 1. The van der Waals surface area contributed by atoms with Gasteiger partial charge in [-0.1, -0.05) is 17.7 Å². The molecule has 1 saturated heterocycles. The van der Waals surface area contributed by atoms with Gasteiger partial charge in [0.25, 0.3) is 0 Å². The van der Waals surface area contributed by atoms with Gasteiger partial charge < -0.3 is 10.2 Å². The van der Waals surface area contributed by atoms with Gasteiger partial charge in [0.05, 0.1) is 23.9 Å². The van der Waals surface area contributed by atoms with Crippen LogP contribution in [0.25, 0.3) is 5.69 Å². The van der Waals surface area contributed by atoms with Crippen molar-refractivity contribution in [3.63, 3.8) is 0 Å². The molecule has 0 saturated carbocycles. The van der Waals surface area contributed by atoms with Gasteiger partial charge in [0.15, 0.2) is 0 Å². The Balaban J connectivity index is 1.68. The zero-order chi connectivity index (χ0) is 16.4. The lowest BCUT2D eigenvalue weighted by atomic mass is 9.95. The lowest BCUT2D eigenvalue weighted by Gasteiger charge is -2.33. The number of nitrogens with zero attached hydrogens (tertiary/aromatic N) is 3. The summed E-state index contributed by atoms with van der Waals surface area (Å²) in [5.74, 6) is -1.68. The summed E-state index contributed by atoms with van der Waals surface area (Å²) < 4.78 is 1.74. The van der Waals surface area contributed by atoms with E-state index < -0.39 is 18.0 Å². The number of benzene rings is 1. The average Bonchev–Trinajstić information content (AvgIpc) is 2.97. The summed E-state index contributed by atoms with van der Waals surface area (Å²) in [5.41, 5.74) is 1.87. The molecular formula is C16H18ClN3O3. The van der Waals surface area contributed by atoms with E-state index in [-0.39, 0.29) is 0 Å². The Morgan fingerprint density at radius 3 is 3.00 bits per heavy atom. The van der Waals surface area contributed by atoms with Gasteiger partial charge in [0, 0.05) is 36.4 Å². The second-order valence-corrected chi connectivity index (χ2v) is 6.25. The molecule has 0 aliphatic carbocycles. The fourth-order valence-corrected chi connectivity index (χ4v) is 3.04. The molecule has 1 fully saturated rings. The number of aliphatic hydroxyl groups is 1. The number of piperidine rings is 1. The second-order valence-electron chi connectivity index (χ2n) is 5.81. The Morgan fingerprint density at radius 1 is 1.43 bits per heavy atom. The van der Waals surface area contributed by atoms with Gasteiger partial charge in [0.2, 0.25) is 0 Å². The molecule has 1 aliphatic heterocycles. The summed E-state index contributed by atoms with van der Waals surface area (Å²) in [6.07, 6.45) is 3.38. The molecule has 1 aromatic carbocycles. The first-order valence-corrected chi connectivity index (χ1v) is 7.83. The monoisotopic (exact) mass is 335 g/mol. The van der Waals surface area contributed by atoms with Gasteiger partial charge in [0.1, 0.15) is 0 Å². The van der Waals surface area contributed by atoms with Crippen molar-refractivity contribution in [1.29, 1.82) is 0 Å². The first-order chi connectivity index (χ1) is 11.0. The third-order valence-electron chi connectivity index (χ3n) is 4.09. The molecule has 7 heteroatoms. The maximum Gasteiger partial charge on any atom is 0.310 e. The van der Waals surface area contributed by atoms with Gasteiger partial charge in [-0.3, -0.25) is 9.69 Å². The minimum absolute atomic E-state index is 0.346. The highest BCUT2D eigenvalue weighted by Crippen LogP contribution is 2.20. The van der Waals surface area contributed by atoms with Gasteiger partial charge in [-0.25, -0.2) is 4.68 Å². The van der Waals surface area contributed by atoms with Crippen LogP contribution in [0.4, 0.5) is 0 Å². The lowest BCUT2D eigenvalue weighted by molar-refractivity contribution is -0.149. The molecule has 2 heterocycles. The number of aliphatic hydroxyl groups excluding tert-OH is 1. The maximum atomic E-state index is 11.2. The number of carboxylic acid groups (broad SMARTS) is 1. The first kappa shape index (κ1) is 16.0. The molecule has 0 bridgehead atoms. The number of aliphatic carboxylic acids is 1. The minimum atomic E-state index is -0.947. The van der Waals surface area contributed by atoms with Crippen LogP contribution < -0.4 is 0 Å². The SMILES string of the molecule is O=C(O)[C@@H]1CN(Cc2cnn(-c3cccc(Cl)c3)c2)CC[C@H]1O. The normalized spacial score (nSPS) is 22.2. The fourth-order valence-electron chi connectivity index (χ4n) is 2.85. The topological polar surface area (TPSA) is 78.6 Å². The average molecular weight is 336 g/mol. The summed E-state index contributed by atoms with van der Waals surface area (Å²) in [5, 5.41) is 23.9. The molecule has 1 aromatic heterocycles. The number of rotatable bonds is 4. The third kappa shape index (κ3) is 3.72. The molecule has 0 spiro atoms. The van der Waals surface area contributed by atoms with Crippen molar-refractivity contribution >= 4 is 17.6 Å². The number of hydrogen-bond donors (Lipinski definition) is 2. The number of aromatic nitrogens is 2. The van der Waals surface area contributed by atoms with Crippen LogP contribution in [0.1, 0.15) is 12.0 Å². The maximum absolute atomic E-state index is 11.2. The van der Waals surface area contributed by atoms with Crippen LogP contribution in [0.15, 0.2) is 36.7 Å². The van der Waals surface area contributed by atoms with Crippen molar-refractivity contribution in [2.24, 2.45) is 5.92 Å². The van der Waals surface area contributed by atoms with Crippen LogP contribution in [-0.2, 0) is 11.3 Å². The molecule has 2 N–H and O–H groups in total. The number of likely N-dealkylation sites (tertiary alicyclic amines) is 1. The summed E-state index contributed by atoms with van der Waals surface area (Å²) in [7, 11) is 0. The number of carboxylic acids is 1. The molecule has 0 unspecified atom stereocenters. The summed E-state index contributed by atoms with van der Waals surface area (Å²) >= 11 is 5.99. The Morgan fingerprint density at radius 2 is 2.26 bits per heavy atom. The van der Waals surface area contributed by atoms with E-state index in [2.05, 4.69) is 5.10 Å². The zero-order valence-electron chi connectivity index (χ0n) is 12.5. The molecule has 6 nitrogen and oxygen atoms in total. The zero-order valence-corrected chi connectivity index (χ0v) is 13.2. The fraction of sp³-hybridized carbons (Fsp3) is 0.375. The van der Waals surface area contributed by atoms with Crippen molar-refractivity contribution < 1.29 is 15.0 Å². The Bertz CT molecular complexity index is 703. The molecule has 0 amide bonds. The van der Waals surface area contributed by atoms with Gasteiger partial charge in [-0.2, -0.15) is 5.10 Å². The largest absolute Gasteiger partial charge is 0.481 e. The first-order valence-electron chi connectivity index (χ1n) is 7.45. The van der Waals surface area contributed by atoms with E-state index in [1.54, 1.807) is 16.9 Å². The highest BCUT2D eigenvalue weighted by Gasteiger charge is 2.33. The lowest BCUT2D eigenvalue weighted by Crippen LogP contribution is -2.46. The van der Waals surface area contributed by atoms with E-state index in [0.717, 1.165) is 11.3 Å². The highest BCUT2D eigenvalue weighted by atomic mass is 35.5. The molecule has 1 aliphatic rings. The van der Waals surface area contributed by atoms with Crippen LogP contribution in [0.2, 0.25) is 5.02 Å². The minimum Gasteiger partial charge on any atom is -0.481 e. The van der Waals surface area contributed by atoms with Crippen molar-refractivity contribution in [1.82, 2.24) is 14.7 Å². The molecule has 0 radical (unpaired) electrons. The van der Waals surface area contributed by atoms with Crippen LogP contribution in [0, 0.1) is 5.92 Å². The van der Waals surface area contributed by atoms with Crippen molar-refractivity contribution in [2.45, 2.75) is 19.1 Å². The van der Waals surface area contributed by atoms with Crippen LogP contribution in [-0.4, -0.2) is 50.1 Å². The predicted octanol–water partition coefficient (Wildman–Crippen LogP) is 1.79. The smallest absolute Gasteiger partial charge is 0.310 e. The molecule has 3 rings (SSSR count). The summed E-state index contributed by atoms with van der Waals surface area (Å²) in [4.78, 5) is 13.2. The van der Waals surface area contributed by atoms with Gasteiger partial charge in [-0.05, 0) is 24.6 Å². The van der Waals surface area contributed by atoms with E-state index >= 15 is 0 Å². The van der Waals surface area contributed by atoms with Crippen LogP contribution >= 0.6 is 11.6 Å². The number of carbonyl (C=O) groups is 1. The molecular weight excluding hydrogens is 318 g/mol. The van der Waals surface area contributed by atoms with Gasteiger partial charge >= 0.3 is 5.97 Å². The van der Waals surface area contributed by atoms with Crippen LogP contribution in [0.5, 0.6) is 0 Å². The molecule has 2 atom stereocenters. The standard InChI is InChI=1S/C16H18ClN3O3/c17-12-2-1-3-13(6-12)20-9-11(7-18-20)8-19-5-4-15(21)14(10-19)16(22)23/h1-3,6-7,9,14-15,21H,4-5,8,10H2,(H,22,23)/t14-,15-/m1/s1. The summed E-state index contributed by atoms with van der Waals surface area (Å²) in [6.45, 7) is 1.63. The van der Waals surface area contributed by atoms with E-state index in [4.69, 9.17) is 16.7 Å². The Kier molecular flexibility index (Phi) is 4.66. The van der Waals surface area contributed by atoms with Gasteiger partial charge in [-0.15, -0.1) is 0 Å². The van der Waals surface area contributed by atoms with E-state index in [1.807, 2.05) is 29.3 Å². The molecule has 2 aromatic rings. The Labute approximate surface area is 138 Å². The quantitative estimate of drug-likeness (QED) is 0.890. The van der Waals surface area contributed by atoms with Crippen LogP contribution in [0.3, 0.4) is 0 Å². The highest BCUT2D eigenvalue weighted by molar-refractivity contribution is 6.30. The second kappa shape index (κ2) is 6.70. The Hall–Kier alpha value is -1.89. The van der Waals surface area contributed by atoms with E-state index in [1.165, 1.54) is 0 Å². The predicted molar refractivity (Wildman–Crippen MR) is 85.6 cm³/mol. The number of hydrogen-bond acceptors (Lipinski definition) is 4. The third-order valence-corrected chi connectivity index (χ3v) is 4.33. The van der Waals surface area contributed by atoms with E-state index in [9.17, 15) is 9.90 Å². The summed E-state index contributed by atoms with van der Waals surface area (Å²) in [6, 6.07) is 7.42. The molecule has 23 heavy (non-hydrogen) atoms. The van der Waals surface area contributed by atoms with Crippen molar-refractivity contribution in [2.75, 3.05) is 13.1 Å². The van der Waals surface area contributed by atoms with Crippen molar-refractivity contribution in [3.8, 4) is 5.69 Å². The molecule has 122 valence electrons.